The Labute approximate surface area is 133 Å². The van der Waals surface area contributed by atoms with E-state index in [1.807, 2.05) is 23.9 Å². The molecule has 3 atom stereocenters. The minimum atomic E-state index is 0.259. The number of ether oxygens (including phenoxy) is 1. The number of aliphatic hydroxyl groups is 1. The molecule has 21 heavy (non-hydrogen) atoms. The summed E-state index contributed by atoms with van der Waals surface area (Å²) < 4.78 is 5.23. The third-order valence-electron chi connectivity index (χ3n) is 3.51. The summed E-state index contributed by atoms with van der Waals surface area (Å²) in [6.07, 6.45) is 1.12. The van der Waals surface area contributed by atoms with Gasteiger partial charge in [-0.15, -0.1) is 0 Å². The molecule has 0 saturated carbocycles. The number of hydrogen-bond acceptors (Lipinski definition) is 4. The van der Waals surface area contributed by atoms with Crippen molar-refractivity contribution in [1.29, 1.82) is 0 Å². The van der Waals surface area contributed by atoms with Gasteiger partial charge in [0, 0.05) is 17.9 Å². The van der Waals surface area contributed by atoms with Crippen LogP contribution in [0.4, 0.5) is 0 Å². The summed E-state index contributed by atoms with van der Waals surface area (Å²) >= 11 is 1.92. The molecule has 0 spiro atoms. The van der Waals surface area contributed by atoms with E-state index < -0.39 is 0 Å². The molecule has 1 rings (SSSR count). The smallest absolute Gasteiger partial charge is 0.118 e. The minimum Gasteiger partial charge on any atom is -0.497 e. The summed E-state index contributed by atoms with van der Waals surface area (Å²) in [7, 11) is 1.69. The molecule has 0 fully saturated rings. The largest absolute Gasteiger partial charge is 0.497 e. The van der Waals surface area contributed by atoms with Gasteiger partial charge in [-0.25, -0.2) is 0 Å². The highest BCUT2D eigenvalue weighted by Crippen LogP contribution is 2.29. The number of methoxy groups -OCH3 is 1. The van der Waals surface area contributed by atoms with Gasteiger partial charge >= 0.3 is 0 Å². The van der Waals surface area contributed by atoms with Gasteiger partial charge in [-0.05, 0) is 42.3 Å². The van der Waals surface area contributed by atoms with Crippen LogP contribution in [-0.2, 0) is 0 Å². The first kappa shape index (κ1) is 18.3. The predicted molar refractivity (Wildman–Crippen MR) is 92.2 cm³/mol. The second-order valence-electron chi connectivity index (χ2n) is 5.53. The van der Waals surface area contributed by atoms with Crippen LogP contribution in [0.2, 0.25) is 0 Å². The van der Waals surface area contributed by atoms with E-state index in [1.54, 1.807) is 7.11 Å². The van der Waals surface area contributed by atoms with E-state index >= 15 is 0 Å². The minimum absolute atomic E-state index is 0.259. The average Bonchev–Trinajstić information content (AvgIpc) is 2.53. The van der Waals surface area contributed by atoms with Gasteiger partial charge in [-0.2, -0.15) is 11.8 Å². The zero-order valence-electron chi connectivity index (χ0n) is 13.6. The first-order chi connectivity index (χ1) is 10.1. The fourth-order valence-corrected chi connectivity index (χ4v) is 3.31. The van der Waals surface area contributed by atoms with Crippen LogP contribution in [0.3, 0.4) is 0 Å². The van der Waals surface area contributed by atoms with Crippen molar-refractivity contribution in [2.45, 2.75) is 38.5 Å². The van der Waals surface area contributed by atoms with E-state index in [4.69, 9.17) is 9.84 Å². The maximum absolute atomic E-state index is 9.16. The monoisotopic (exact) mass is 311 g/mol. The highest BCUT2D eigenvalue weighted by Gasteiger charge is 2.19. The number of hydrogen-bond donors (Lipinski definition) is 2. The van der Waals surface area contributed by atoms with Crippen molar-refractivity contribution >= 4 is 11.8 Å². The fourth-order valence-electron chi connectivity index (χ4n) is 2.13. The quantitative estimate of drug-likeness (QED) is 0.694. The molecule has 0 aliphatic rings. The van der Waals surface area contributed by atoms with Crippen LogP contribution in [-0.4, -0.2) is 36.4 Å². The molecular formula is C17H29NO2S. The maximum Gasteiger partial charge on any atom is 0.118 e. The van der Waals surface area contributed by atoms with Crippen molar-refractivity contribution in [2.75, 3.05) is 26.0 Å². The lowest BCUT2D eigenvalue weighted by Crippen LogP contribution is -2.30. The van der Waals surface area contributed by atoms with Gasteiger partial charge in [-0.3, -0.25) is 0 Å². The van der Waals surface area contributed by atoms with E-state index in [0.717, 1.165) is 24.5 Å². The highest BCUT2D eigenvalue weighted by molar-refractivity contribution is 7.99. The number of aliphatic hydroxyl groups excluding tert-OH is 1. The topological polar surface area (TPSA) is 41.5 Å². The van der Waals surface area contributed by atoms with Gasteiger partial charge in [0.05, 0.1) is 7.11 Å². The molecule has 0 amide bonds. The molecule has 0 aliphatic carbocycles. The third kappa shape index (κ3) is 6.29. The first-order valence-electron chi connectivity index (χ1n) is 7.72. The Bertz CT molecular complexity index is 383. The van der Waals surface area contributed by atoms with Gasteiger partial charge in [0.1, 0.15) is 5.75 Å². The summed E-state index contributed by atoms with van der Waals surface area (Å²) in [4.78, 5) is 0. The molecule has 120 valence electrons. The average molecular weight is 311 g/mol. The van der Waals surface area contributed by atoms with Crippen molar-refractivity contribution in [3.8, 4) is 5.75 Å². The molecule has 1 aromatic rings. The fraction of sp³-hybridized carbons (Fsp3) is 0.647. The Hall–Kier alpha value is -0.710. The number of thioether (sulfide) groups is 1. The Morgan fingerprint density at radius 2 is 1.90 bits per heavy atom. The summed E-state index contributed by atoms with van der Waals surface area (Å²) in [5, 5.41) is 13.3. The van der Waals surface area contributed by atoms with Crippen LogP contribution >= 0.6 is 11.8 Å². The molecule has 2 N–H and O–H groups in total. The summed E-state index contributed by atoms with van der Waals surface area (Å²) in [6.45, 7) is 7.80. The molecule has 0 saturated heterocycles. The maximum atomic E-state index is 9.16. The van der Waals surface area contributed by atoms with Gasteiger partial charge < -0.3 is 15.2 Å². The third-order valence-corrected chi connectivity index (χ3v) is 5.07. The number of benzene rings is 1. The van der Waals surface area contributed by atoms with Crippen molar-refractivity contribution in [1.82, 2.24) is 5.32 Å². The summed E-state index contributed by atoms with van der Waals surface area (Å²) in [5.74, 6) is 2.22. The Morgan fingerprint density at radius 3 is 2.43 bits per heavy atom. The van der Waals surface area contributed by atoms with E-state index in [1.165, 1.54) is 5.56 Å². The Morgan fingerprint density at radius 1 is 1.24 bits per heavy atom. The lowest BCUT2D eigenvalue weighted by Gasteiger charge is -2.26. The van der Waals surface area contributed by atoms with E-state index in [0.29, 0.717) is 17.2 Å². The second kappa shape index (κ2) is 10.1. The lowest BCUT2D eigenvalue weighted by molar-refractivity contribution is 0.250. The molecule has 1 aromatic carbocycles. The molecule has 0 radical (unpaired) electrons. The van der Waals surface area contributed by atoms with Gasteiger partial charge in [0.15, 0.2) is 0 Å². The Balaban J connectivity index is 2.72. The molecule has 0 bridgehead atoms. The van der Waals surface area contributed by atoms with Crippen LogP contribution in [0.1, 0.15) is 38.8 Å². The molecule has 0 aromatic heterocycles. The zero-order chi connectivity index (χ0) is 15.7. The molecule has 0 heterocycles. The van der Waals surface area contributed by atoms with Crippen LogP contribution in [0.15, 0.2) is 24.3 Å². The zero-order valence-corrected chi connectivity index (χ0v) is 14.5. The summed E-state index contributed by atoms with van der Waals surface area (Å²) in [6, 6.07) is 8.64. The van der Waals surface area contributed by atoms with Crippen LogP contribution in [0.25, 0.3) is 0 Å². The standard InChI is InChI=1S/C17H29NO2S/c1-5-10-18-17(14(3)21-12-13(2)11-19)15-6-8-16(20-4)9-7-15/h6-9,13-14,17-19H,5,10-12H2,1-4H3. The van der Waals surface area contributed by atoms with Crippen LogP contribution in [0.5, 0.6) is 5.75 Å². The lowest BCUT2D eigenvalue weighted by atomic mass is 10.0. The number of rotatable bonds is 10. The molecule has 3 unspecified atom stereocenters. The normalized spacial score (nSPS) is 15.5. The molecular weight excluding hydrogens is 282 g/mol. The van der Waals surface area contributed by atoms with Gasteiger partial charge in [0.25, 0.3) is 0 Å². The van der Waals surface area contributed by atoms with Crippen molar-refractivity contribution in [3.63, 3.8) is 0 Å². The van der Waals surface area contributed by atoms with E-state index in [-0.39, 0.29) is 6.61 Å². The van der Waals surface area contributed by atoms with E-state index in [9.17, 15) is 0 Å². The molecule has 4 heteroatoms. The van der Waals surface area contributed by atoms with E-state index in [2.05, 4.69) is 38.2 Å². The van der Waals surface area contributed by atoms with Crippen molar-refractivity contribution in [2.24, 2.45) is 5.92 Å². The summed E-state index contributed by atoms with van der Waals surface area (Å²) in [5.41, 5.74) is 1.29. The van der Waals surface area contributed by atoms with Crippen molar-refractivity contribution in [3.05, 3.63) is 29.8 Å². The van der Waals surface area contributed by atoms with Gasteiger partial charge in [-0.1, -0.05) is 32.9 Å². The van der Waals surface area contributed by atoms with Crippen LogP contribution in [0, 0.1) is 5.92 Å². The number of nitrogens with one attached hydrogen (secondary N) is 1. The first-order valence-corrected chi connectivity index (χ1v) is 8.77. The van der Waals surface area contributed by atoms with Crippen LogP contribution < -0.4 is 10.1 Å². The highest BCUT2D eigenvalue weighted by atomic mass is 32.2. The molecule has 0 aliphatic heterocycles. The van der Waals surface area contributed by atoms with Crippen molar-refractivity contribution < 1.29 is 9.84 Å². The molecule has 3 nitrogen and oxygen atoms in total. The second-order valence-corrected chi connectivity index (χ2v) is 6.94. The predicted octanol–water partition coefficient (Wildman–Crippen LogP) is 3.49. The SMILES string of the molecule is CCCNC(c1ccc(OC)cc1)C(C)SCC(C)CO. The Kier molecular flexibility index (Phi) is 8.81. The van der Waals surface area contributed by atoms with Gasteiger partial charge in [0.2, 0.25) is 0 Å².